The standard InChI is InChI=1S/C16H17NO/c1-12-8-9-14(11-16(18)17-2)15(10-12)13-6-4-3-5-7-13/h3-10H,11H2,1-2H3,(H,17,18). The van der Waals surface area contributed by atoms with Gasteiger partial charge in [-0.15, -0.1) is 0 Å². The summed E-state index contributed by atoms with van der Waals surface area (Å²) in [6, 6.07) is 16.4. The van der Waals surface area contributed by atoms with Crippen molar-refractivity contribution in [3.8, 4) is 11.1 Å². The van der Waals surface area contributed by atoms with Gasteiger partial charge in [0.05, 0.1) is 6.42 Å². The Bertz CT molecular complexity index is 546. The van der Waals surface area contributed by atoms with E-state index in [1.807, 2.05) is 30.3 Å². The maximum Gasteiger partial charge on any atom is 0.224 e. The molecule has 2 heteroatoms. The van der Waals surface area contributed by atoms with E-state index in [-0.39, 0.29) is 5.91 Å². The van der Waals surface area contributed by atoms with Crippen LogP contribution in [0.2, 0.25) is 0 Å². The van der Waals surface area contributed by atoms with Gasteiger partial charge in [-0.25, -0.2) is 0 Å². The van der Waals surface area contributed by atoms with Gasteiger partial charge in [0, 0.05) is 7.05 Å². The summed E-state index contributed by atoms with van der Waals surface area (Å²) in [6.45, 7) is 2.07. The van der Waals surface area contributed by atoms with Crippen LogP contribution in [0.25, 0.3) is 11.1 Å². The number of nitrogens with one attached hydrogen (secondary N) is 1. The highest BCUT2D eigenvalue weighted by Gasteiger charge is 2.08. The summed E-state index contributed by atoms with van der Waals surface area (Å²) < 4.78 is 0. The first-order valence-corrected chi connectivity index (χ1v) is 6.06. The summed E-state index contributed by atoms with van der Waals surface area (Å²) in [4.78, 5) is 11.5. The van der Waals surface area contributed by atoms with E-state index in [2.05, 4.69) is 30.4 Å². The summed E-state index contributed by atoms with van der Waals surface area (Å²) in [5.74, 6) is 0.0380. The van der Waals surface area contributed by atoms with Gasteiger partial charge in [0.15, 0.2) is 0 Å². The van der Waals surface area contributed by atoms with Crippen LogP contribution in [0.4, 0.5) is 0 Å². The molecule has 1 N–H and O–H groups in total. The second-order valence-electron chi connectivity index (χ2n) is 4.38. The van der Waals surface area contributed by atoms with E-state index < -0.39 is 0 Å². The second kappa shape index (κ2) is 5.50. The third-order valence-electron chi connectivity index (χ3n) is 2.98. The molecule has 0 spiro atoms. The lowest BCUT2D eigenvalue weighted by Gasteiger charge is -2.10. The lowest BCUT2D eigenvalue weighted by atomic mass is 9.95. The quantitative estimate of drug-likeness (QED) is 0.876. The fraction of sp³-hybridized carbons (Fsp3) is 0.188. The molecule has 0 saturated carbocycles. The van der Waals surface area contributed by atoms with Crippen molar-refractivity contribution in [2.24, 2.45) is 0 Å². The minimum Gasteiger partial charge on any atom is -0.359 e. The van der Waals surface area contributed by atoms with Crippen LogP contribution in [0.1, 0.15) is 11.1 Å². The van der Waals surface area contributed by atoms with E-state index in [1.54, 1.807) is 7.05 Å². The van der Waals surface area contributed by atoms with Crippen LogP contribution < -0.4 is 5.32 Å². The van der Waals surface area contributed by atoms with E-state index in [0.717, 1.165) is 16.7 Å². The largest absolute Gasteiger partial charge is 0.359 e. The van der Waals surface area contributed by atoms with Gasteiger partial charge < -0.3 is 5.32 Å². The van der Waals surface area contributed by atoms with Gasteiger partial charge >= 0.3 is 0 Å². The molecule has 0 saturated heterocycles. The number of hydrogen-bond acceptors (Lipinski definition) is 1. The molecule has 2 rings (SSSR count). The molecule has 0 radical (unpaired) electrons. The Hall–Kier alpha value is -2.09. The van der Waals surface area contributed by atoms with Crippen molar-refractivity contribution in [3.05, 3.63) is 59.7 Å². The molecular formula is C16H17NO. The predicted octanol–water partition coefficient (Wildman–Crippen LogP) is 2.95. The topological polar surface area (TPSA) is 29.1 Å². The van der Waals surface area contributed by atoms with Crippen molar-refractivity contribution < 1.29 is 4.79 Å². The van der Waals surface area contributed by atoms with Crippen molar-refractivity contribution in [1.82, 2.24) is 5.32 Å². The number of amides is 1. The molecule has 0 heterocycles. The summed E-state index contributed by atoms with van der Waals surface area (Å²) in [5, 5.41) is 2.67. The Morgan fingerprint density at radius 3 is 2.50 bits per heavy atom. The SMILES string of the molecule is CNC(=O)Cc1ccc(C)cc1-c1ccccc1. The number of carbonyl (C=O) groups is 1. The van der Waals surface area contributed by atoms with Crippen LogP contribution in [0.5, 0.6) is 0 Å². The Kier molecular flexibility index (Phi) is 3.78. The van der Waals surface area contributed by atoms with Gasteiger partial charge in [-0.05, 0) is 23.6 Å². The molecule has 18 heavy (non-hydrogen) atoms. The van der Waals surface area contributed by atoms with Crippen LogP contribution in [-0.2, 0) is 11.2 Å². The van der Waals surface area contributed by atoms with Gasteiger partial charge in [-0.2, -0.15) is 0 Å². The predicted molar refractivity (Wildman–Crippen MR) is 74.4 cm³/mol. The third kappa shape index (κ3) is 2.77. The van der Waals surface area contributed by atoms with E-state index in [0.29, 0.717) is 6.42 Å². The molecule has 2 aromatic carbocycles. The zero-order valence-corrected chi connectivity index (χ0v) is 10.7. The van der Waals surface area contributed by atoms with E-state index in [4.69, 9.17) is 0 Å². The monoisotopic (exact) mass is 239 g/mol. The average Bonchev–Trinajstić information content (AvgIpc) is 2.41. The molecule has 0 aliphatic heterocycles. The molecule has 0 bridgehead atoms. The molecule has 0 aliphatic carbocycles. The first-order chi connectivity index (χ1) is 8.70. The van der Waals surface area contributed by atoms with Gasteiger partial charge in [0.1, 0.15) is 0 Å². The number of benzene rings is 2. The van der Waals surface area contributed by atoms with Crippen LogP contribution in [0, 0.1) is 6.92 Å². The highest BCUT2D eigenvalue weighted by atomic mass is 16.1. The molecular weight excluding hydrogens is 222 g/mol. The fourth-order valence-electron chi connectivity index (χ4n) is 1.99. The van der Waals surface area contributed by atoms with Crippen molar-refractivity contribution in [3.63, 3.8) is 0 Å². The van der Waals surface area contributed by atoms with E-state index in [1.165, 1.54) is 5.56 Å². The molecule has 0 unspecified atom stereocenters. The van der Waals surface area contributed by atoms with Crippen molar-refractivity contribution in [2.45, 2.75) is 13.3 Å². The molecule has 0 fully saturated rings. The highest BCUT2D eigenvalue weighted by molar-refractivity contribution is 5.81. The first kappa shape index (κ1) is 12.4. The highest BCUT2D eigenvalue weighted by Crippen LogP contribution is 2.25. The lowest BCUT2D eigenvalue weighted by molar-refractivity contribution is -0.119. The minimum absolute atomic E-state index is 0.0380. The van der Waals surface area contributed by atoms with Crippen LogP contribution >= 0.6 is 0 Å². The zero-order chi connectivity index (χ0) is 13.0. The van der Waals surface area contributed by atoms with Gasteiger partial charge in [0.2, 0.25) is 5.91 Å². The normalized spacial score (nSPS) is 10.1. The van der Waals surface area contributed by atoms with Gasteiger partial charge in [-0.3, -0.25) is 4.79 Å². The summed E-state index contributed by atoms with van der Waals surface area (Å²) >= 11 is 0. The third-order valence-corrected chi connectivity index (χ3v) is 2.98. The molecule has 0 atom stereocenters. The fourth-order valence-corrected chi connectivity index (χ4v) is 1.99. The maximum atomic E-state index is 11.5. The number of carbonyl (C=O) groups excluding carboxylic acids is 1. The second-order valence-corrected chi connectivity index (χ2v) is 4.38. The van der Waals surface area contributed by atoms with E-state index in [9.17, 15) is 4.79 Å². The molecule has 2 aromatic rings. The number of likely N-dealkylation sites (N-methyl/N-ethyl adjacent to an activating group) is 1. The summed E-state index contributed by atoms with van der Waals surface area (Å²) in [7, 11) is 1.67. The van der Waals surface area contributed by atoms with Gasteiger partial charge in [-0.1, -0.05) is 54.1 Å². The molecule has 0 aliphatic rings. The molecule has 92 valence electrons. The zero-order valence-electron chi connectivity index (χ0n) is 10.7. The number of hydrogen-bond donors (Lipinski definition) is 1. The van der Waals surface area contributed by atoms with Crippen LogP contribution in [-0.4, -0.2) is 13.0 Å². The average molecular weight is 239 g/mol. The number of aryl methyl sites for hydroxylation is 1. The Morgan fingerprint density at radius 1 is 1.11 bits per heavy atom. The Labute approximate surface area is 108 Å². The minimum atomic E-state index is 0.0380. The van der Waals surface area contributed by atoms with Crippen molar-refractivity contribution in [2.75, 3.05) is 7.05 Å². The summed E-state index contributed by atoms with van der Waals surface area (Å²) in [5.41, 5.74) is 4.56. The van der Waals surface area contributed by atoms with Crippen molar-refractivity contribution >= 4 is 5.91 Å². The van der Waals surface area contributed by atoms with Crippen molar-refractivity contribution in [1.29, 1.82) is 0 Å². The van der Waals surface area contributed by atoms with Crippen LogP contribution in [0.15, 0.2) is 48.5 Å². The number of rotatable bonds is 3. The Morgan fingerprint density at radius 2 is 1.83 bits per heavy atom. The first-order valence-electron chi connectivity index (χ1n) is 6.06. The van der Waals surface area contributed by atoms with E-state index >= 15 is 0 Å². The maximum absolute atomic E-state index is 11.5. The molecule has 0 aromatic heterocycles. The summed E-state index contributed by atoms with van der Waals surface area (Å²) in [6.07, 6.45) is 0.418. The van der Waals surface area contributed by atoms with Gasteiger partial charge in [0.25, 0.3) is 0 Å². The molecule has 1 amide bonds. The molecule has 2 nitrogen and oxygen atoms in total. The smallest absolute Gasteiger partial charge is 0.224 e. The van der Waals surface area contributed by atoms with Crippen LogP contribution in [0.3, 0.4) is 0 Å². The lowest BCUT2D eigenvalue weighted by Crippen LogP contribution is -2.20. The Balaban J connectivity index is 2.44.